The van der Waals surface area contributed by atoms with E-state index < -0.39 is 25.8 Å². The molecule has 0 aliphatic heterocycles. The first-order chi connectivity index (χ1) is 8.56. The predicted molar refractivity (Wildman–Crippen MR) is 63.2 cm³/mol. The number of aromatic amines is 1. The molecule has 1 aliphatic carbocycles. The van der Waals surface area contributed by atoms with Crippen LogP contribution in [0.1, 0.15) is 19.3 Å². The summed E-state index contributed by atoms with van der Waals surface area (Å²) < 4.78 is 24.2. The van der Waals surface area contributed by atoms with Crippen LogP contribution in [0.3, 0.4) is 0 Å². The van der Waals surface area contributed by atoms with Crippen LogP contribution in [-0.2, 0) is 14.7 Å². The van der Waals surface area contributed by atoms with Crippen molar-refractivity contribution in [1.29, 1.82) is 0 Å². The molecule has 0 aromatic carbocycles. The fourth-order valence-electron chi connectivity index (χ4n) is 2.53. The standard InChI is InChI=1S/C8H14N2O7P2.H2O/c11-8(18(12,13)14,19(15,16)17)7(2-1-3-7)10-5-4-9-6-10;/h4-6,11H,1-3H2,(H4,12,13,14,15,16,17);1H2. The summed E-state index contributed by atoms with van der Waals surface area (Å²) in [5, 5.41) is 6.66. The molecule has 1 aromatic rings. The second-order valence-corrected chi connectivity index (χ2v) is 8.38. The summed E-state index contributed by atoms with van der Waals surface area (Å²) in [6.45, 7) is 0. The van der Waals surface area contributed by atoms with Crippen LogP contribution in [0.5, 0.6) is 0 Å². The van der Waals surface area contributed by atoms with Gasteiger partial charge in [0.15, 0.2) is 13.1 Å². The lowest BCUT2D eigenvalue weighted by molar-refractivity contribution is -0.784. The molecule has 0 saturated heterocycles. The van der Waals surface area contributed by atoms with Crippen LogP contribution in [-0.4, -0.2) is 35.3 Å². The monoisotopic (exact) mass is 330 g/mol. The SMILES string of the molecule is O.O=P([O-])(O)[C@@](O)(C1([n+]2cc[nH]c2)CCC1)P(=O)(O)O. The van der Waals surface area contributed by atoms with Gasteiger partial charge < -0.3 is 34.7 Å². The quantitative estimate of drug-likeness (QED) is 0.303. The van der Waals surface area contributed by atoms with E-state index in [0.717, 1.165) is 0 Å². The molecule has 1 unspecified atom stereocenters. The largest absolute Gasteiger partial charge is 0.776 e. The first kappa shape index (κ1) is 17.5. The number of nitrogens with zero attached hydrogens (tertiary/aromatic N) is 1. The van der Waals surface area contributed by atoms with Gasteiger partial charge in [0.1, 0.15) is 12.4 Å². The van der Waals surface area contributed by atoms with Gasteiger partial charge in [-0.3, -0.25) is 9.55 Å². The van der Waals surface area contributed by atoms with Gasteiger partial charge >= 0.3 is 7.60 Å². The van der Waals surface area contributed by atoms with Gasteiger partial charge in [-0.25, -0.2) is 4.57 Å². The molecule has 0 bridgehead atoms. The van der Waals surface area contributed by atoms with Gasteiger partial charge in [-0.1, -0.05) is 0 Å². The van der Waals surface area contributed by atoms with Crippen LogP contribution in [0.15, 0.2) is 18.7 Å². The van der Waals surface area contributed by atoms with Gasteiger partial charge in [0.25, 0.3) is 5.08 Å². The van der Waals surface area contributed by atoms with E-state index in [2.05, 4.69) is 4.98 Å². The van der Waals surface area contributed by atoms with Crippen molar-refractivity contribution in [3.05, 3.63) is 18.7 Å². The van der Waals surface area contributed by atoms with E-state index in [-0.39, 0.29) is 18.3 Å². The van der Waals surface area contributed by atoms with Crippen molar-refractivity contribution in [2.45, 2.75) is 29.9 Å². The minimum absolute atomic E-state index is 0. The van der Waals surface area contributed by atoms with Gasteiger partial charge in [0.05, 0.1) is 0 Å². The fourth-order valence-corrected chi connectivity index (χ4v) is 5.60. The first-order valence-electron chi connectivity index (χ1n) is 5.43. The van der Waals surface area contributed by atoms with Crippen molar-refractivity contribution >= 4 is 15.2 Å². The fraction of sp³-hybridized carbons (Fsp3) is 0.625. The maximum Gasteiger partial charge on any atom is 0.370 e. The maximum absolute atomic E-state index is 11.5. The Labute approximate surface area is 113 Å². The smallest absolute Gasteiger partial charge is 0.370 e. The lowest BCUT2D eigenvalue weighted by Gasteiger charge is -2.52. The highest BCUT2D eigenvalue weighted by Gasteiger charge is 2.72. The summed E-state index contributed by atoms with van der Waals surface area (Å²) in [5.74, 6) is 0. The maximum atomic E-state index is 11.5. The Hall–Kier alpha value is -0.570. The minimum Gasteiger partial charge on any atom is -0.776 e. The summed E-state index contributed by atoms with van der Waals surface area (Å²) in [6.07, 6.45) is 4.53. The molecule has 20 heavy (non-hydrogen) atoms. The van der Waals surface area contributed by atoms with Crippen LogP contribution in [0.4, 0.5) is 0 Å². The molecule has 2 atom stereocenters. The molecular weight excluding hydrogens is 314 g/mol. The number of nitrogens with one attached hydrogen (secondary N) is 1. The molecule has 116 valence electrons. The summed E-state index contributed by atoms with van der Waals surface area (Å²) in [5.41, 5.74) is -1.78. The number of hydrogen-bond acceptors (Lipinski definition) is 4. The Balaban J connectivity index is 0.00000200. The lowest BCUT2D eigenvalue weighted by atomic mass is 9.76. The number of hydrogen-bond donors (Lipinski definition) is 5. The van der Waals surface area contributed by atoms with E-state index >= 15 is 0 Å². The third-order valence-corrected chi connectivity index (χ3v) is 7.62. The topological polar surface area (TPSA) is 189 Å². The van der Waals surface area contributed by atoms with E-state index in [9.17, 15) is 33.8 Å². The van der Waals surface area contributed by atoms with Crippen LogP contribution in [0.2, 0.25) is 0 Å². The van der Waals surface area contributed by atoms with Crippen LogP contribution in [0, 0.1) is 0 Å². The molecule has 0 amide bonds. The average Bonchev–Trinajstić information content (AvgIpc) is 2.65. The molecule has 1 aliphatic rings. The zero-order valence-electron chi connectivity index (χ0n) is 10.2. The first-order valence-corrected chi connectivity index (χ1v) is 8.62. The number of H-pyrrole nitrogens is 1. The zero-order valence-corrected chi connectivity index (χ0v) is 12.0. The number of aliphatic hydroxyl groups is 1. The van der Waals surface area contributed by atoms with E-state index in [1.54, 1.807) is 0 Å². The molecule has 7 N–H and O–H groups in total. The summed E-state index contributed by atoms with van der Waals surface area (Å²) >= 11 is 0. The van der Waals surface area contributed by atoms with Crippen LogP contribution < -0.4 is 9.46 Å². The molecule has 10 nitrogen and oxygen atoms in total. The second kappa shape index (κ2) is 5.01. The van der Waals surface area contributed by atoms with Crippen molar-refractivity contribution in [3.63, 3.8) is 0 Å². The zero-order chi connectivity index (χ0) is 14.5. The third kappa shape index (κ3) is 2.09. The highest BCUT2D eigenvalue weighted by molar-refractivity contribution is 7.71. The molecule has 1 saturated carbocycles. The van der Waals surface area contributed by atoms with Gasteiger partial charge in [-0.05, 0) is 19.3 Å². The molecule has 12 heteroatoms. The van der Waals surface area contributed by atoms with Crippen LogP contribution >= 0.6 is 15.2 Å². The number of imidazole rings is 1. The normalized spacial score (nSPS) is 23.9. The van der Waals surface area contributed by atoms with E-state index in [0.29, 0.717) is 6.42 Å². The molecule has 1 heterocycles. The molecule has 1 aromatic heterocycles. The predicted octanol–water partition coefficient (Wildman–Crippen LogP) is -2.27. The molecule has 2 rings (SSSR count). The van der Waals surface area contributed by atoms with Gasteiger partial charge in [0, 0.05) is 0 Å². The summed E-state index contributed by atoms with van der Waals surface area (Å²) in [4.78, 5) is 41.8. The number of rotatable bonds is 4. The van der Waals surface area contributed by atoms with E-state index in [1.807, 2.05) is 0 Å². The average molecular weight is 330 g/mol. The van der Waals surface area contributed by atoms with Gasteiger partial charge in [-0.2, -0.15) is 0 Å². The second-order valence-electron chi connectivity index (χ2n) is 4.60. The van der Waals surface area contributed by atoms with Crippen molar-refractivity contribution in [3.8, 4) is 0 Å². The Morgan fingerprint density at radius 3 is 2.10 bits per heavy atom. The Kier molecular flexibility index (Phi) is 4.38. The highest BCUT2D eigenvalue weighted by Crippen LogP contribution is 2.73. The highest BCUT2D eigenvalue weighted by atomic mass is 31.2. The minimum atomic E-state index is -5.73. The third-order valence-electron chi connectivity index (χ3n) is 3.64. The van der Waals surface area contributed by atoms with E-state index in [4.69, 9.17) is 0 Å². The van der Waals surface area contributed by atoms with Crippen molar-refractivity contribution in [2.24, 2.45) is 0 Å². The number of aromatic nitrogens is 2. The van der Waals surface area contributed by atoms with Gasteiger partial charge in [0.2, 0.25) is 6.33 Å². The molecule has 0 radical (unpaired) electrons. The molecule has 1 fully saturated rings. The summed E-state index contributed by atoms with van der Waals surface area (Å²) in [7, 11) is -11.3. The molecular formula is C8H16N2O8P2. The van der Waals surface area contributed by atoms with Crippen molar-refractivity contribution < 1.29 is 43.9 Å². The van der Waals surface area contributed by atoms with Gasteiger partial charge in [-0.15, -0.1) is 0 Å². The van der Waals surface area contributed by atoms with Crippen molar-refractivity contribution in [2.75, 3.05) is 0 Å². The summed E-state index contributed by atoms with van der Waals surface area (Å²) in [6, 6.07) is 0. The molecule has 0 spiro atoms. The van der Waals surface area contributed by atoms with E-state index in [1.165, 1.54) is 23.3 Å². The lowest BCUT2D eigenvalue weighted by Crippen LogP contribution is -2.71. The van der Waals surface area contributed by atoms with Crippen LogP contribution in [0.25, 0.3) is 0 Å². The Morgan fingerprint density at radius 1 is 1.30 bits per heavy atom. The Morgan fingerprint density at radius 2 is 1.85 bits per heavy atom. The van der Waals surface area contributed by atoms with Crippen molar-refractivity contribution in [1.82, 2.24) is 4.98 Å². The Bertz CT molecular complexity index is 535.